The topological polar surface area (TPSA) is 32.7 Å². The molecule has 0 aromatic rings. The van der Waals surface area contributed by atoms with Crippen LogP contribution < -0.4 is 0 Å². The molecule has 0 radical (unpaired) electrons. The van der Waals surface area contributed by atoms with E-state index in [1.807, 2.05) is 6.21 Å². The van der Waals surface area contributed by atoms with Crippen molar-refractivity contribution in [2.75, 3.05) is 6.54 Å². The van der Waals surface area contributed by atoms with Gasteiger partial charge in [-0.3, -0.25) is 4.79 Å². The van der Waals surface area contributed by atoms with Gasteiger partial charge in [0.25, 0.3) is 0 Å². The second-order valence-electron chi connectivity index (χ2n) is 4.21. The number of nitrogens with zero attached hydrogens (tertiary/aromatic N) is 2. The number of hydrogen-bond acceptors (Lipinski definition) is 2. The smallest absolute Gasteiger partial charge is 0.242 e. The Morgan fingerprint density at radius 2 is 2.31 bits per heavy atom. The van der Waals surface area contributed by atoms with Crippen molar-refractivity contribution in [1.82, 2.24) is 5.01 Å². The monoisotopic (exact) mass is 182 g/mol. The minimum absolute atomic E-state index is 0.100. The summed E-state index contributed by atoms with van der Waals surface area (Å²) in [5, 5.41) is 5.79. The molecule has 13 heavy (non-hydrogen) atoms. The van der Waals surface area contributed by atoms with Gasteiger partial charge in [0.1, 0.15) is 0 Å². The number of carbonyl (C=O) groups excluding carboxylic acids is 1. The van der Waals surface area contributed by atoms with Crippen LogP contribution in [0.1, 0.15) is 40.0 Å². The van der Waals surface area contributed by atoms with Crippen molar-refractivity contribution in [2.24, 2.45) is 10.5 Å². The quantitative estimate of drug-likeness (QED) is 0.615. The predicted molar refractivity (Wildman–Crippen MR) is 53.5 cm³/mol. The van der Waals surface area contributed by atoms with Crippen LogP contribution in [0.3, 0.4) is 0 Å². The van der Waals surface area contributed by atoms with E-state index in [1.54, 1.807) is 5.01 Å². The first kappa shape index (κ1) is 10.2. The SMILES string of the molecule is CCC(C)(C)/C=N/N1CCCC1=O. The predicted octanol–water partition coefficient (Wildman–Crippen LogP) is 2.03. The summed E-state index contributed by atoms with van der Waals surface area (Å²) in [5.41, 5.74) is 0.100. The van der Waals surface area contributed by atoms with E-state index in [1.165, 1.54) is 0 Å². The van der Waals surface area contributed by atoms with Gasteiger partial charge in [-0.25, -0.2) is 5.01 Å². The molecule has 1 aliphatic rings. The molecule has 0 unspecified atom stereocenters. The Labute approximate surface area is 79.8 Å². The maximum Gasteiger partial charge on any atom is 0.242 e. The van der Waals surface area contributed by atoms with Gasteiger partial charge in [0, 0.05) is 24.6 Å². The van der Waals surface area contributed by atoms with Gasteiger partial charge >= 0.3 is 0 Å². The first-order chi connectivity index (χ1) is 6.05. The fourth-order valence-corrected chi connectivity index (χ4v) is 1.07. The van der Waals surface area contributed by atoms with Gasteiger partial charge in [-0.2, -0.15) is 5.10 Å². The lowest BCUT2D eigenvalue weighted by Gasteiger charge is -2.17. The summed E-state index contributed by atoms with van der Waals surface area (Å²) in [6.07, 6.45) is 4.53. The third kappa shape index (κ3) is 2.83. The molecule has 1 fully saturated rings. The van der Waals surface area contributed by atoms with Crippen LogP contribution in [-0.4, -0.2) is 23.7 Å². The Kier molecular flexibility index (Phi) is 3.07. The van der Waals surface area contributed by atoms with Crippen LogP contribution in [0.4, 0.5) is 0 Å². The summed E-state index contributed by atoms with van der Waals surface area (Å²) in [7, 11) is 0. The van der Waals surface area contributed by atoms with Crippen molar-refractivity contribution in [3.63, 3.8) is 0 Å². The van der Waals surface area contributed by atoms with E-state index < -0.39 is 0 Å². The molecular formula is C10H18N2O. The molecule has 1 amide bonds. The standard InChI is InChI=1S/C10H18N2O/c1-4-10(2,3)8-11-12-7-5-6-9(12)13/h8H,4-7H2,1-3H3/b11-8+. The van der Waals surface area contributed by atoms with Gasteiger partial charge in [0.05, 0.1) is 0 Å². The Hall–Kier alpha value is -0.860. The molecule has 74 valence electrons. The molecule has 0 N–H and O–H groups in total. The Balaban J connectivity index is 2.52. The first-order valence-electron chi connectivity index (χ1n) is 4.91. The zero-order valence-electron chi connectivity index (χ0n) is 8.71. The molecule has 1 aliphatic heterocycles. The molecule has 0 bridgehead atoms. The molecule has 0 aliphatic carbocycles. The number of carbonyl (C=O) groups is 1. The van der Waals surface area contributed by atoms with Gasteiger partial charge in [-0.1, -0.05) is 20.8 Å². The van der Waals surface area contributed by atoms with Crippen molar-refractivity contribution in [3.05, 3.63) is 0 Å². The van der Waals surface area contributed by atoms with Crippen molar-refractivity contribution >= 4 is 12.1 Å². The normalized spacial score (nSPS) is 19.0. The zero-order valence-corrected chi connectivity index (χ0v) is 8.71. The fraction of sp³-hybridized carbons (Fsp3) is 0.800. The van der Waals surface area contributed by atoms with Crippen LogP contribution in [0.2, 0.25) is 0 Å². The molecule has 0 spiro atoms. The van der Waals surface area contributed by atoms with Gasteiger partial charge in [0.15, 0.2) is 0 Å². The van der Waals surface area contributed by atoms with Crippen molar-refractivity contribution in [3.8, 4) is 0 Å². The molecule has 0 atom stereocenters. The molecule has 0 saturated carbocycles. The van der Waals surface area contributed by atoms with Gasteiger partial charge in [-0.05, 0) is 12.8 Å². The van der Waals surface area contributed by atoms with Crippen LogP contribution in [0, 0.1) is 5.41 Å². The molecule has 0 aromatic heterocycles. The van der Waals surface area contributed by atoms with E-state index in [4.69, 9.17) is 0 Å². The van der Waals surface area contributed by atoms with E-state index in [0.717, 1.165) is 19.4 Å². The van der Waals surface area contributed by atoms with Crippen LogP contribution in [-0.2, 0) is 4.79 Å². The number of hydrogen-bond donors (Lipinski definition) is 0. The van der Waals surface area contributed by atoms with E-state index in [2.05, 4.69) is 25.9 Å². The third-order valence-electron chi connectivity index (χ3n) is 2.51. The summed E-state index contributed by atoms with van der Waals surface area (Å²) < 4.78 is 0. The number of rotatable bonds is 3. The lowest BCUT2D eigenvalue weighted by Crippen LogP contribution is -2.21. The first-order valence-corrected chi connectivity index (χ1v) is 4.91. The van der Waals surface area contributed by atoms with Crippen molar-refractivity contribution < 1.29 is 4.79 Å². The van der Waals surface area contributed by atoms with Gasteiger partial charge in [0.2, 0.25) is 5.91 Å². The zero-order chi connectivity index (χ0) is 9.90. The average Bonchev–Trinajstić information content (AvgIpc) is 2.48. The molecule has 1 rings (SSSR count). The largest absolute Gasteiger partial charge is 0.273 e. The lowest BCUT2D eigenvalue weighted by molar-refractivity contribution is -0.127. The highest BCUT2D eigenvalue weighted by Gasteiger charge is 2.20. The van der Waals surface area contributed by atoms with Crippen molar-refractivity contribution in [1.29, 1.82) is 0 Å². The highest BCUT2D eigenvalue weighted by molar-refractivity contribution is 5.79. The average molecular weight is 182 g/mol. The maximum atomic E-state index is 11.2. The second-order valence-corrected chi connectivity index (χ2v) is 4.21. The molecular weight excluding hydrogens is 164 g/mol. The van der Waals surface area contributed by atoms with E-state index in [9.17, 15) is 4.79 Å². The highest BCUT2D eigenvalue weighted by atomic mass is 16.2. The van der Waals surface area contributed by atoms with E-state index in [0.29, 0.717) is 6.42 Å². The lowest BCUT2D eigenvalue weighted by atomic mass is 9.92. The number of hydrazone groups is 1. The molecule has 1 heterocycles. The minimum Gasteiger partial charge on any atom is -0.273 e. The summed E-state index contributed by atoms with van der Waals surface area (Å²) in [6.45, 7) is 7.15. The van der Waals surface area contributed by atoms with Crippen LogP contribution in [0.25, 0.3) is 0 Å². The van der Waals surface area contributed by atoms with Crippen LogP contribution >= 0.6 is 0 Å². The Morgan fingerprint density at radius 1 is 1.62 bits per heavy atom. The molecule has 1 saturated heterocycles. The second kappa shape index (κ2) is 3.90. The number of amides is 1. The Morgan fingerprint density at radius 3 is 2.77 bits per heavy atom. The minimum atomic E-state index is 0.100. The fourth-order valence-electron chi connectivity index (χ4n) is 1.07. The highest BCUT2D eigenvalue weighted by Crippen LogP contribution is 2.17. The third-order valence-corrected chi connectivity index (χ3v) is 2.51. The van der Waals surface area contributed by atoms with E-state index in [-0.39, 0.29) is 11.3 Å². The summed E-state index contributed by atoms with van der Waals surface area (Å²) in [5.74, 6) is 0.156. The maximum absolute atomic E-state index is 11.2. The Bertz CT molecular complexity index is 221. The van der Waals surface area contributed by atoms with Crippen LogP contribution in [0.15, 0.2) is 5.10 Å². The molecule has 3 nitrogen and oxygen atoms in total. The summed E-state index contributed by atoms with van der Waals surface area (Å²) in [6, 6.07) is 0. The van der Waals surface area contributed by atoms with Crippen molar-refractivity contribution in [2.45, 2.75) is 40.0 Å². The summed E-state index contributed by atoms with van der Waals surface area (Å²) >= 11 is 0. The van der Waals surface area contributed by atoms with Crippen LogP contribution in [0.5, 0.6) is 0 Å². The van der Waals surface area contributed by atoms with E-state index >= 15 is 0 Å². The molecule has 0 aromatic carbocycles. The van der Waals surface area contributed by atoms with Gasteiger partial charge < -0.3 is 0 Å². The molecule has 3 heteroatoms. The summed E-state index contributed by atoms with van der Waals surface area (Å²) in [4.78, 5) is 11.2. The van der Waals surface area contributed by atoms with Gasteiger partial charge in [-0.15, -0.1) is 0 Å².